The van der Waals surface area contributed by atoms with Crippen molar-refractivity contribution in [1.82, 2.24) is 5.32 Å². The number of ether oxygens (including phenoxy) is 1. The fourth-order valence-electron chi connectivity index (χ4n) is 1.75. The lowest BCUT2D eigenvalue weighted by molar-refractivity contribution is 0.0228. The van der Waals surface area contributed by atoms with Crippen LogP contribution >= 0.6 is 0 Å². The number of benzene rings is 1. The zero-order valence-electron chi connectivity index (χ0n) is 11.7. The normalized spacial score (nSPS) is 14.9. The van der Waals surface area contributed by atoms with Crippen molar-refractivity contribution in [3.8, 4) is 0 Å². The van der Waals surface area contributed by atoms with Gasteiger partial charge in [-0.3, -0.25) is 0 Å². The molecule has 0 saturated heterocycles. The summed E-state index contributed by atoms with van der Waals surface area (Å²) >= 11 is 0. The van der Waals surface area contributed by atoms with Gasteiger partial charge in [0.05, 0.1) is 18.8 Å². The van der Waals surface area contributed by atoms with E-state index in [0.717, 1.165) is 6.61 Å². The molecule has 0 aromatic heterocycles. The van der Waals surface area contributed by atoms with E-state index in [9.17, 15) is 0 Å². The number of aryl methyl sites for hydroxylation is 1. The van der Waals surface area contributed by atoms with E-state index in [1.165, 1.54) is 11.1 Å². The molecule has 0 aliphatic carbocycles. The Morgan fingerprint density at radius 2 is 1.82 bits per heavy atom. The molecular weight excluding hydrogens is 210 g/mol. The molecule has 2 heteroatoms. The van der Waals surface area contributed by atoms with Crippen LogP contribution in [0.2, 0.25) is 0 Å². The summed E-state index contributed by atoms with van der Waals surface area (Å²) in [6, 6.07) is 8.74. The van der Waals surface area contributed by atoms with Crippen LogP contribution in [0.3, 0.4) is 0 Å². The van der Waals surface area contributed by atoms with Gasteiger partial charge in [0.2, 0.25) is 0 Å². The van der Waals surface area contributed by atoms with Crippen molar-refractivity contribution >= 4 is 0 Å². The molecule has 0 saturated carbocycles. The molecule has 0 spiro atoms. The number of hydrogen-bond acceptors (Lipinski definition) is 2. The molecule has 1 rings (SSSR count). The van der Waals surface area contributed by atoms with E-state index in [4.69, 9.17) is 4.74 Å². The van der Waals surface area contributed by atoms with E-state index in [-0.39, 0.29) is 6.04 Å². The van der Waals surface area contributed by atoms with Gasteiger partial charge in [0.1, 0.15) is 0 Å². The fraction of sp³-hybridized carbons (Fsp3) is 0.600. The Labute approximate surface area is 105 Å². The fourth-order valence-corrected chi connectivity index (χ4v) is 1.75. The van der Waals surface area contributed by atoms with Gasteiger partial charge in [0, 0.05) is 0 Å². The highest BCUT2D eigenvalue weighted by Crippen LogP contribution is 2.18. The molecule has 2 unspecified atom stereocenters. The summed E-state index contributed by atoms with van der Waals surface area (Å²) < 4.78 is 5.90. The maximum atomic E-state index is 5.90. The topological polar surface area (TPSA) is 21.3 Å². The molecule has 2 atom stereocenters. The second-order valence-corrected chi connectivity index (χ2v) is 4.98. The summed E-state index contributed by atoms with van der Waals surface area (Å²) in [6.07, 6.45) is 0.301. The van der Waals surface area contributed by atoms with Gasteiger partial charge in [0.15, 0.2) is 0 Å². The van der Waals surface area contributed by atoms with Crippen LogP contribution < -0.4 is 5.32 Å². The van der Waals surface area contributed by atoms with Gasteiger partial charge in [-0.2, -0.15) is 0 Å². The number of rotatable bonds is 6. The van der Waals surface area contributed by atoms with Crippen LogP contribution in [0.25, 0.3) is 0 Å². The molecule has 0 aliphatic heterocycles. The van der Waals surface area contributed by atoms with Gasteiger partial charge in [-0.25, -0.2) is 0 Å². The molecule has 1 aromatic rings. The second-order valence-electron chi connectivity index (χ2n) is 4.98. The van der Waals surface area contributed by atoms with E-state index >= 15 is 0 Å². The number of nitrogens with one attached hydrogen (secondary N) is 1. The largest absolute Gasteiger partial charge is 0.376 e. The highest BCUT2D eigenvalue weighted by Gasteiger charge is 2.14. The van der Waals surface area contributed by atoms with Crippen molar-refractivity contribution in [3.63, 3.8) is 0 Å². The summed E-state index contributed by atoms with van der Waals surface area (Å²) in [5.41, 5.74) is 2.64. The van der Waals surface area contributed by atoms with Crippen LogP contribution in [-0.2, 0) is 4.74 Å². The molecule has 96 valence electrons. The minimum atomic E-state index is 0.275. The van der Waals surface area contributed by atoms with E-state index < -0.39 is 0 Å². The minimum Gasteiger partial charge on any atom is -0.376 e. The molecule has 1 N–H and O–H groups in total. The third-order valence-electron chi connectivity index (χ3n) is 3.38. The highest BCUT2D eigenvalue weighted by molar-refractivity contribution is 5.28. The lowest BCUT2D eigenvalue weighted by atomic mass is 10.0. The SMILES string of the molecule is CNC(COC(C)C(C)C)c1ccccc1C. The maximum absolute atomic E-state index is 5.90. The molecule has 0 fully saturated rings. The third kappa shape index (κ3) is 4.14. The zero-order chi connectivity index (χ0) is 12.8. The Balaban J connectivity index is 2.64. The van der Waals surface area contributed by atoms with Gasteiger partial charge >= 0.3 is 0 Å². The van der Waals surface area contributed by atoms with Crippen molar-refractivity contribution in [2.75, 3.05) is 13.7 Å². The zero-order valence-corrected chi connectivity index (χ0v) is 11.7. The monoisotopic (exact) mass is 235 g/mol. The lowest BCUT2D eigenvalue weighted by Crippen LogP contribution is -2.26. The van der Waals surface area contributed by atoms with Crippen molar-refractivity contribution in [2.24, 2.45) is 5.92 Å². The van der Waals surface area contributed by atoms with Crippen LogP contribution in [0.4, 0.5) is 0 Å². The van der Waals surface area contributed by atoms with Crippen molar-refractivity contribution in [1.29, 1.82) is 0 Å². The third-order valence-corrected chi connectivity index (χ3v) is 3.38. The van der Waals surface area contributed by atoms with Gasteiger partial charge in [-0.15, -0.1) is 0 Å². The first-order valence-electron chi connectivity index (χ1n) is 6.40. The minimum absolute atomic E-state index is 0.275. The lowest BCUT2D eigenvalue weighted by Gasteiger charge is -2.23. The van der Waals surface area contributed by atoms with E-state index in [1.807, 2.05) is 7.05 Å². The molecule has 0 bridgehead atoms. The smallest absolute Gasteiger partial charge is 0.0665 e. The Morgan fingerprint density at radius 3 is 2.35 bits per heavy atom. The summed E-state index contributed by atoms with van der Waals surface area (Å²) in [7, 11) is 1.99. The van der Waals surface area contributed by atoms with E-state index in [0.29, 0.717) is 12.0 Å². The number of likely N-dealkylation sites (N-methyl/N-ethyl adjacent to an activating group) is 1. The molecule has 2 nitrogen and oxygen atoms in total. The first-order chi connectivity index (χ1) is 8.06. The van der Waals surface area contributed by atoms with Crippen molar-refractivity contribution < 1.29 is 4.74 Å². The summed E-state index contributed by atoms with van der Waals surface area (Å²) in [4.78, 5) is 0. The van der Waals surface area contributed by atoms with E-state index in [1.54, 1.807) is 0 Å². The first kappa shape index (κ1) is 14.2. The molecule has 1 aromatic carbocycles. The van der Waals surface area contributed by atoms with Crippen molar-refractivity contribution in [3.05, 3.63) is 35.4 Å². The second kappa shape index (κ2) is 6.77. The highest BCUT2D eigenvalue weighted by atomic mass is 16.5. The molecule has 0 aliphatic rings. The molecule has 0 radical (unpaired) electrons. The molecular formula is C15H25NO. The first-order valence-corrected chi connectivity index (χ1v) is 6.40. The predicted octanol–water partition coefficient (Wildman–Crippen LogP) is 3.32. The Bertz CT molecular complexity index is 335. The van der Waals surface area contributed by atoms with Gasteiger partial charge in [0.25, 0.3) is 0 Å². The average molecular weight is 235 g/mol. The molecule has 0 amide bonds. The summed E-state index contributed by atoms with van der Waals surface area (Å²) in [5, 5.41) is 3.33. The Hall–Kier alpha value is -0.860. The van der Waals surface area contributed by atoms with Crippen molar-refractivity contribution in [2.45, 2.75) is 39.8 Å². The summed E-state index contributed by atoms with van der Waals surface area (Å²) in [5.74, 6) is 0.560. The van der Waals surface area contributed by atoms with Crippen LogP contribution in [0, 0.1) is 12.8 Å². The number of hydrogen-bond donors (Lipinski definition) is 1. The Kier molecular flexibility index (Phi) is 5.66. The van der Waals surface area contributed by atoms with Gasteiger partial charge < -0.3 is 10.1 Å². The van der Waals surface area contributed by atoms with E-state index in [2.05, 4.69) is 57.3 Å². The van der Waals surface area contributed by atoms with Gasteiger partial charge in [-0.05, 0) is 37.9 Å². The quantitative estimate of drug-likeness (QED) is 0.816. The Morgan fingerprint density at radius 1 is 1.18 bits per heavy atom. The van der Waals surface area contributed by atoms with Crippen LogP contribution in [-0.4, -0.2) is 19.8 Å². The predicted molar refractivity (Wildman–Crippen MR) is 73.2 cm³/mol. The van der Waals surface area contributed by atoms with Crippen LogP contribution in [0.5, 0.6) is 0 Å². The molecule has 17 heavy (non-hydrogen) atoms. The standard InChI is InChI=1S/C15H25NO/c1-11(2)13(4)17-10-15(16-5)14-9-7-6-8-12(14)3/h6-9,11,13,15-16H,10H2,1-5H3. The maximum Gasteiger partial charge on any atom is 0.0665 e. The van der Waals surface area contributed by atoms with Crippen LogP contribution in [0.1, 0.15) is 37.9 Å². The molecule has 0 heterocycles. The van der Waals surface area contributed by atoms with Crippen LogP contribution in [0.15, 0.2) is 24.3 Å². The summed E-state index contributed by atoms with van der Waals surface area (Å²) in [6.45, 7) is 9.38. The average Bonchev–Trinajstić information content (AvgIpc) is 2.31. The van der Waals surface area contributed by atoms with Gasteiger partial charge in [-0.1, -0.05) is 38.1 Å².